The fraction of sp³-hybridized carbons (Fsp3) is 0.529. The van der Waals surface area contributed by atoms with Crippen LogP contribution in [0.4, 0.5) is 0 Å². The highest BCUT2D eigenvalue weighted by atomic mass is 32.2. The van der Waals surface area contributed by atoms with E-state index < -0.39 is 16.1 Å². The number of aryl methyl sites for hydroxylation is 1. The summed E-state index contributed by atoms with van der Waals surface area (Å²) in [7, 11) is -3.29. The van der Waals surface area contributed by atoms with Crippen molar-refractivity contribution in [2.75, 3.05) is 26.0 Å². The molecule has 1 saturated heterocycles. The van der Waals surface area contributed by atoms with E-state index in [9.17, 15) is 8.42 Å². The molecule has 26 heavy (non-hydrogen) atoms. The fourth-order valence-electron chi connectivity index (χ4n) is 2.73. The van der Waals surface area contributed by atoms with Gasteiger partial charge in [-0.3, -0.25) is 0 Å². The number of rotatable bonds is 6. The van der Waals surface area contributed by atoms with Gasteiger partial charge in [-0.15, -0.1) is 10.2 Å². The van der Waals surface area contributed by atoms with Gasteiger partial charge in [0.15, 0.2) is 6.10 Å². The zero-order valence-electron chi connectivity index (χ0n) is 15.1. The molecule has 8 nitrogen and oxygen atoms in total. The van der Waals surface area contributed by atoms with Crippen molar-refractivity contribution in [3.63, 3.8) is 0 Å². The van der Waals surface area contributed by atoms with Crippen LogP contribution in [0.2, 0.25) is 0 Å². The van der Waals surface area contributed by atoms with E-state index in [0.717, 1.165) is 11.3 Å². The predicted molar refractivity (Wildman–Crippen MR) is 94.2 cm³/mol. The van der Waals surface area contributed by atoms with Gasteiger partial charge in [0, 0.05) is 13.1 Å². The van der Waals surface area contributed by atoms with E-state index in [2.05, 4.69) is 10.2 Å². The molecule has 1 aliphatic heterocycles. The summed E-state index contributed by atoms with van der Waals surface area (Å²) in [6.45, 7) is 4.71. The second kappa shape index (κ2) is 7.73. The maximum absolute atomic E-state index is 11.7. The number of morpholine rings is 1. The van der Waals surface area contributed by atoms with Crippen LogP contribution in [0.5, 0.6) is 5.75 Å². The van der Waals surface area contributed by atoms with E-state index >= 15 is 0 Å². The van der Waals surface area contributed by atoms with Crippen LogP contribution in [-0.4, -0.2) is 48.9 Å². The summed E-state index contributed by atoms with van der Waals surface area (Å²) in [4.78, 5) is 0. The van der Waals surface area contributed by atoms with Gasteiger partial charge in [-0.05, 0) is 25.0 Å². The molecule has 0 N–H and O–H groups in total. The van der Waals surface area contributed by atoms with Crippen molar-refractivity contribution in [2.45, 2.75) is 32.5 Å². The third kappa shape index (κ3) is 4.22. The van der Waals surface area contributed by atoms with Gasteiger partial charge in [-0.1, -0.05) is 25.1 Å². The zero-order chi connectivity index (χ0) is 18.7. The van der Waals surface area contributed by atoms with Gasteiger partial charge in [0.1, 0.15) is 11.9 Å². The maximum Gasteiger partial charge on any atom is 0.257 e. The number of sulfonamides is 1. The van der Waals surface area contributed by atoms with Gasteiger partial charge >= 0.3 is 0 Å². The van der Waals surface area contributed by atoms with Crippen molar-refractivity contribution < 1.29 is 22.3 Å². The van der Waals surface area contributed by atoms with Crippen LogP contribution in [-0.2, 0) is 14.8 Å². The molecule has 2 heterocycles. The third-order valence-corrected chi connectivity index (χ3v) is 5.51. The monoisotopic (exact) mass is 381 g/mol. The fourth-order valence-corrected chi connectivity index (χ4v) is 3.55. The Morgan fingerprint density at radius 3 is 2.81 bits per heavy atom. The summed E-state index contributed by atoms with van der Waals surface area (Å²) in [5.74, 6) is 1.38. The number of hydrogen-bond donors (Lipinski definition) is 0. The van der Waals surface area contributed by atoms with Gasteiger partial charge in [-0.2, -0.15) is 4.31 Å². The normalized spacial score (nSPS) is 20.0. The Labute approximate surface area is 153 Å². The van der Waals surface area contributed by atoms with E-state index in [-0.39, 0.29) is 25.1 Å². The molecule has 1 aromatic heterocycles. The largest absolute Gasteiger partial charge is 0.480 e. The lowest BCUT2D eigenvalue weighted by atomic mass is 10.2. The molecule has 142 valence electrons. The number of para-hydroxylation sites is 1. The van der Waals surface area contributed by atoms with Crippen molar-refractivity contribution in [1.82, 2.24) is 14.5 Å². The maximum atomic E-state index is 11.7. The van der Waals surface area contributed by atoms with Crippen LogP contribution < -0.4 is 4.74 Å². The molecule has 0 radical (unpaired) electrons. The molecule has 0 unspecified atom stereocenters. The first-order valence-corrected chi connectivity index (χ1v) is 10.4. The minimum Gasteiger partial charge on any atom is -0.480 e. The Balaban J connectivity index is 1.74. The van der Waals surface area contributed by atoms with Crippen LogP contribution in [0, 0.1) is 6.92 Å². The molecule has 1 aliphatic rings. The average Bonchev–Trinajstić information content (AvgIpc) is 3.10. The molecule has 1 fully saturated rings. The van der Waals surface area contributed by atoms with Crippen molar-refractivity contribution in [1.29, 1.82) is 0 Å². The highest BCUT2D eigenvalue weighted by molar-refractivity contribution is 7.88. The molecule has 2 atom stereocenters. The van der Waals surface area contributed by atoms with Crippen molar-refractivity contribution >= 4 is 10.0 Å². The smallest absolute Gasteiger partial charge is 0.257 e. The summed E-state index contributed by atoms with van der Waals surface area (Å²) in [6, 6.07) is 7.71. The lowest BCUT2D eigenvalue weighted by Gasteiger charge is -2.29. The number of hydrogen-bond acceptors (Lipinski definition) is 7. The lowest BCUT2D eigenvalue weighted by molar-refractivity contribution is -0.0186. The number of ether oxygens (including phenoxy) is 2. The van der Waals surface area contributed by atoms with Crippen LogP contribution in [0.1, 0.15) is 42.9 Å². The van der Waals surface area contributed by atoms with Gasteiger partial charge in [0.25, 0.3) is 5.89 Å². The van der Waals surface area contributed by atoms with E-state index in [0.29, 0.717) is 18.9 Å². The zero-order valence-corrected chi connectivity index (χ0v) is 15.9. The van der Waals surface area contributed by atoms with Crippen LogP contribution in [0.3, 0.4) is 0 Å². The first kappa shape index (κ1) is 18.8. The van der Waals surface area contributed by atoms with Crippen molar-refractivity contribution in [3.8, 4) is 5.75 Å². The van der Waals surface area contributed by atoms with Crippen LogP contribution in [0.15, 0.2) is 28.7 Å². The van der Waals surface area contributed by atoms with Crippen molar-refractivity contribution in [2.24, 2.45) is 0 Å². The van der Waals surface area contributed by atoms with Gasteiger partial charge in [0.2, 0.25) is 15.9 Å². The van der Waals surface area contributed by atoms with Crippen molar-refractivity contribution in [3.05, 3.63) is 41.6 Å². The first-order chi connectivity index (χ1) is 12.4. The third-order valence-electron chi connectivity index (χ3n) is 4.24. The van der Waals surface area contributed by atoms with E-state index in [1.165, 1.54) is 10.6 Å². The van der Waals surface area contributed by atoms with Gasteiger partial charge in [-0.25, -0.2) is 8.42 Å². The minimum atomic E-state index is -3.29. The summed E-state index contributed by atoms with van der Waals surface area (Å²) < 4.78 is 42.2. The van der Waals surface area contributed by atoms with Gasteiger partial charge < -0.3 is 13.9 Å². The summed E-state index contributed by atoms with van der Waals surface area (Å²) in [5, 5.41) is 8.13. The summed E-state index contributed by atoms with van der Waals surface area (Å²) in [6.07, 6.45) is 0.872. The molecular weight excluding hydrogens is 358 g/mol. The number of aromatic nitrogens is 2. The van der Waals surface area contributed by atoms with Crippen LogP contribution >= 0.6 is 0 Å². The highest BCUT2D eigenvalue weighted by Gasteiger charge is 2.32. The first-order valence-electron chi connectivity index (χ1n) is 8.50. The number of benzene rings is 1. The lowest BCUT2D eigenvalue weighted by Crippen LogP contribution is -2.41. The Morgan fingerprint density at radius 2 is 2.12 bits per heavy atom. The Bertz CT molecular complexity index is 852. The number of nitrogens with zero attached hydrogens (tertiary/aromatic N) is 3. The Morgan fingerprint density at radius 1 is 1.35 bits per heavy atom. The minimum absolute atomic E-state index is 0.163. The molecular formula is C17H23N3O5S. The van der Waals surface area contributed by atoms with E-state index in [1.807, 2.05) is 38.1 Å². The molecule has 0 aliphatic carbocycles. The molecule has 0 bridgehead atoms. The molecule has 0 amide bonds. The van der Waals surface area contributed by atoms with Crippen LogP contribution in [0.25, 0.3) is 0 Å². The Kier molecular flexibility index (Phi) is 5.59. The Hall–Kier alpha value is -1.97. The average molecular weight is 381 g/mol. The molecule has 1 aromatic carbocycles. The topological polar surface area (TPSA) is 94.8 Å². The molecule has 0 saturated carbocycles. The second-order valence-corrected chi connectivity index (χ2v) is 8.22. The molecule has 3 rings (SSSR count). The van der Waals surface area contributed by atoms with E-state index in [4.69, 9.17) is 13.9 Å². The quantitative estimate of drug-likeness (QED) is 0.757. The highest BCUT2D eigenvalue weighted by Crippen LogP contribution is 2.29. The summed E-state index contributed by atoms with van der Waals surface area (Å²) >= 11 is 0. The standard InChI is InChI=1S/C17H23N3O5S/c1-4-13(24-14-8-6-5-7-12(14)2)16-18-19-17(25-16)15-11-20(9-10-23-15)26(3,21)22/h5-8,13,15H,4,9-11H2,1-3H3/t13-,15+/m1/s1. The predicted octanol–water partition coefficient (Wildman–Crippen LogP) is 2.24. The summed E-state index contributed by atoms with van der Waals surface area (Å²) in [5.41, 5.74) is 1.02. The van der Waals surface area contributed by atoms with E-state index in [1.54, 1.807) is 0 Å². The molecule has 2 aromatic rings. The SMILES string of the molecule is CC[C@@H](Oc1ccccc1C)c1nnc([C@@H]2CN(S(C)(=O)=O)CCO2)o1. The molecule has 9 heteroatoms. The second-order valence-electron chi connectivity index (χ2n) is 6.24. The molecule has 0 spiro atoms. The van der Waals surface area contributed by atoms with Gasteiger partial charge in [0.05, 0.1) is 12.9 Å².